The van der Waals surface area contributed by atoms with Crippen LogP contribution in [0.3, 0.4) is 0 Å². The molecule has 3 aromatic rings. The highest BCUT2D eigenvalue weighted by molar-refractivity contribution is 5.80. The summed E-state index contributed by atoms with van der Waals surface area (Å²) in [5, 5.41) is 15.1. The maximum atomic E-state index is 5.23. The summed E-state index contributed by atoms with van der Waals surface area (Å²) in [6.07, 6.45) is 4.53. The van der Waals surface area contributed by atoms with Crippen molar-refractivity contribution in [2.75, 3.05) is 13.1 Å². The standard InChI is InChI=1S/C21H28N6O/c1-5-22-21(23-12-10-20-16(3)26-28-17(20)4)25-15(2)18-8-6-9-19(14-18)27-13-7-11-24-27/h6-9,11,13-15H,5,10,12H2,1-4H3,(H2,22,23,25). The Morgan fingerprint density at radius 2 is 2.14 bits per heavy atom. The molecule has 0 aliphatic heterocycles. The van der Waals surface area contributed by atoms with E-state index in [0.717, 1.165) is 41.6 Å². The average Bonchev–Trinajstić information content (AvgIpc) is 3.34. The summed E-state index contributed by atoms with van der Waals surface area (Å²) in [5.41, 5.74) is 4.29. The van der Waals surface area contributed by atoms with Crippen LogP contribution in [-0.2, 0) is 6.42 Å². The van der Waals surface area contributed by atoms with Crippen LogP contribution in [0.4, 0.5) is 0 Å². The van der Waals surface area contributed by atoms with Gasteiger partial charge in [0.2, 0.25) is 0 Å². The Bertz CT molecular complexity index is 893. The lowest BCUT2D eigenvalue weighted by Crippen LogP contribution is -2.38. The number of aromatic nitrogens is 3. The van der Waals surface area contributed by atoms with E-state index in [-0.39, 0.29) is 6.04 Å². The van der Waals surface area contributed by atoms with Gasteiger partial charge in [-0.25, -0.2) is 4.68 Å². The van der Waals surface area contributed by atoms with Crippen LogP contribution in [0.5, 0.6) is 0 Å². The molecule has 0 amide bonds. The highest BCUT2D eigenvalue weighted by Crippen LogP contribution is 2.17. The van der Waals surface area contributed by atoms with Gasteiger partial charge in [0, 0.05) is 31.0 Å². The van der Waals surface area contributed by atoms with Crippen molar-refractivity contribution < 1.29 is 4.52 Å². The van der Waals surface area contributed by atoms with Gasteiger partial charge in [-0.2, -0.15) is 5.10 Å². The van der Waals surface area contributed by atoms with Crippen molar-refractivity contribution in [3.05, 3.63) is 65.3 Å². The molecular formula is C21H28N6O. The Morgan fingerprint density at radius 1 is 1.29 bits per heavy atom. The Balaban J connectivity index is 1.67. The summed E-state index contributed by atoms with van der Waals surface area (Å²) < 4.78 is 7.09. The maximum absolute atomic E-state index is 5.23. The van der Waals surface area contributed by atoms with Crippen LogP contribution in [-0.4, -0.2) is 34.0 Å². The van der Waals surface area contributed by atoms with Crippen LogP contribution in [0.2, 0.25) is 0 Å². The third kappa shape index (κ3) is 4.79. The van der Waals surface area contributed by atoms with Crippen LogP contribution in [0.25, 0.3) is 5.69 Å². The van der Waals surface area contributed by atoms with Gasteiger partial charge in [0.15, 0.2) is 5.96 Å². The molecule has 28 heavy (non-hydrogen) atoms. The number of guanidine groups is 1. The number of rotatable bonds is 7. The first kappa shape index (κ1) is 19.7. The van der Waals surface area contributed by atoms with E-state index in [4.69, 9.17) is 9.52 Å². The van der Waals surface area contributed by atoms with Crippen molar-refractivity contribution in [3.63, 3.8) is 0 Å². The molecule has 3 rings (SSSR count). The molecule has 0 fully saturated rings. The number of aryl methyl sites for hydroxylation is 2. The Kier molecular flexibility index (Phi) is 6.47. The fourth-order valence-corrected chi connectivity index (χ4v) is 3.10. The Hall–Kier alpha value is -3.09. The van der Waals surface area contributed by atoms with Crippen molar-refractivity contribution in [1.82, 2.24) is 25.6 Å². The first-order valence-electron chi connectivity index (χ1n) is 9.65. The molecule has 7 heteroatoms. The number of aliphatic imine (C=N–C) groups is 1. The molecule has 0 aliphatic rings. The predicted octanol–water partition coefficient (Wildman–Crippen LogP) is 3.34. The molecule has 1 atom stereocenters. The van der Waals surface area contributed by atoms with Crippen molar-refractivity contribution in [2.24, 2.45) is 4.99 Å². The first-order chi connectivity index (χ1) is 13.6. The van der Waals surface area contributed by atoms with E-state index in [1.807, 2.05) is 42.9 Å². The predicted molar refractivity (Wildman–Crippen MR) is 111 cm³/mol. The number of nitrogens with zero attached hydrogens (tertiary/aromatic N) is 4. The van der Waals surface area contributed by atoms with Gasteiger partial charge in [-0.3, -0.25) is 4.99 Å². The van der Waals surface area contributed by atoms with Gasteiger partial charge in [0.1, 0.15) is 5.76 Å². The zero-order valence-corrected chi connectivity index (χ0v) is 16.9. The second kappa shape index (κ2) is 9.21. The van der Waals surface area contributed by atoms with Crippen LogP contribution in [0, 0.1) is 13.8 Å². The highest BCUT2D eigenvalue weighted by atomic mass is 16.5. The summed E-state index contributed by atoms with van der Waals surface area (Å²) in [5.74, 6) is 1.67. The minimum atomic E-state index is 0.104. The summed E-state index contributed by atoms with van der Waals surface area (Å²) >= 11 is 0. The van der Waals surface area contributed by atoms with E-state index in [1.165, 1.54) is 5.56 Å². The lowest BCUT2D eigenvalue weighted by Gasteiger charge is -2.19. The summed E-state index contributed by atoms with van der Waals surface area (Å²) in [6.45, 7) is 9.57. The van der Waals surface area contributed by atoms with Gasteiger partial charge in [-0.15, -0.1) is 0 Å². The fraction of sp³-hybridized carbons (Fsp3) is 0.381. The van der Waals surface area contributed by atoms with E-state index in [0.29, 0.717) is 6.54 Å². The maximum Gasteiger partial charge on any atom is 0.191 e. The minimum Gasteiger partial charge on any atom is -0.361 e. The van der Waals surface area contributed by atoms with Gasteiger partial charge in [-0.05, 0) is 57.9 Å². The fourth-order valence-electron chi connectivity index (χ4n) is 3.10. The van der Waals surface area contributed by atoms with Gasteiger partial charge in [0.05, 0.1) is 17.4 Å². The van der Waals surface area contributed by atoms with E-state index in [1.54, 1.807) is 6.20 Å². The van der Waals surface area contributed by atoms with Crippen LogP contribution >= 0.6 is 0 Å². The topological polar surface area (TPSA) is 80.3 Å². The molecule has 0 radical (unpaired) electrons. The lowest BCUT2D eigenvalue weighted by molar-refractivity contribution is 0.392. The number of hydrogen-bond donors (Lipinski definition) is 2. The summed E-state index contributed by atoms with van der Waals surface area (Å²) in [4.78, 5) is 4.72. The lowest BCUT2D eigenvalue weighted by atomic mass is 10.1. The molecule has 0 aliphatic carbocycles. The molecule has 2 N–H and O–H groups in total. The third-order valence-corrected chi connectivity index (χ3v) is 4.65. The van der Waals surface area contributed by atoms with Gasteiger partial charge < -0.3 is 15.2 Å². The summed E-state index contributed by atoms with van der Waals surface area (Å²) in [7, 11) is 0. The number of benzene rings is 1. The largest absolute Gasteiger partial charge is 0.361 e. The van der Waals surface area contributed by atoms with Gasteiger partial charge >= 0.3 is 0 Å². The third-order valence-electron chi connectivity index (χ3n) is 4.65. The van der Waals surface area contributed by atoms with E-state index >= 15 is 0 Å². The SMILES string of the molecule is CCNC(=NCCc1c(C)noc1C)NC(C)c1cccc(-n2cccn2)c1. The van der Waals surface area contributed by atoms with Gasteiger partial charge in [-0.1, -0.05) is 17.3 Å². The van der Waals surface area contributed by atoms with E-state index in [2.05, 4.69) is 46.9 Å². The number of hydrogen-bond acceptors (Lipinski definition) is 4. The molecule has 148 valence electrons. The second-order valence-corrected chi connectivity index (χ2v) is 6.73. The zero-order valence-electron chi connectivity index (χ0n) is 16.9. The molecule has 0 saturated carbocycles. The van der Waals surface area contributed by atoms with Crippen LogP contribution < -0.4 is 10.6 Å². The van der Waals surface area contributed by atoms with E-state index < -0.39 is 0 Å². The Morgan fingerprint density at radius 3 is 2.82 bits per heavy atom. The zero-order chi connectivity index (χ0) is 19.9. The number of nitrogens with one attached hydrogen (secondary N) is 2. The molecule has 0 saturated heterocycles. The highest BCUT2D eigenvalue weighted by Gasteiger charge is 2.11. The molecule has 2 heterocycles. The van der Waals surface area contributed by atoms with E-state index in [9.17, 15) is 0 Å². The first-order valence-corrected chi connectivity index (χ1v) is 9.65. The second-order valence-electron chi connectivity index (χ2n) is 6.73. The molecule has 2 aromatic heterocycles. The van der Waals surface area contributed by atoms with Crippen molar-refractivity contribution in [3.8, 4) is 5.69 Å². The molecule has 1 aromatic carbocycles. The van der Waals surface area contributed by atoms with Gasteiger partial charge in [0.25, 0.3) is 0 Å². The van der Waals surface area contributed by atoms with Crippen molar-refractivity contribution in [2.45, 2.75) is 40.2 Å². The van der Waals surface area contributed by atoms with Crippen LogP contribution in [0.15, 0.2) is 52.2 Å². The van der Waals surface area contributed by atoms with Crippen molar-refractivity contribution >= 4 is 5.96 Å². The molecule has 0 spiro atoms. The van der Waals surface area contributed by atoms with Crippen molar-refractivity contribution in [1.29, 1.82) is 0 Å². The normalized spacial score (nSPS) is 12.8. The molecule has 7 nitrogen and oxygen atoms in total. The Labute approximate surface area is 165 Å². The van der Waals surface area contributed by atoms with Crippen LogP contribution in [0.1, 0.15) is 42.5 Å². The smallest absolute Gasteiger partial charge is 0.191 e. The summed E-state index contributed by atoms with van der Waals surface area (Å²) in [6, 6.07) is 10.4. The quantitative estimate of drug-likeness (QED) is 0.485. The average molecular weight is 380 g/mol. The molecular weight excluding hydrogens is 352 g/mol. The monoisotopic (exact) mass is 380 g/mol. The minimum absolute atomic E-state index is 0.104. The molecule has 1 unspecified atom stereocenters. The molecule has 0 bridgehead atoms.